The summed E-state index contributed by atoms with van der Waals surface area (Å²) in [6, 6.07) is 17.0. The van der Waals surface area contributed by atoms with E-state index < -0.39 is 0 Å². The average molecular weight is 319 g/mol. The van der Waals surface area contributed by atoms with E-state index in [-0.39, 0.29) is 0 Å². The lowest BCUT2D eigenvalue weighted by Gasteiger charge is -2.22. The van der Waals surface area contributed by atoms with Gasteiger partial charge in [0.1, 0.15) is 0 Å². The van der Waals surface area contributed by atoms with Gasteiger partial charge >= 0.3 is 0 Å². The molecule has 0 saturated carbocycles. The molecule has 2 nitrogen and oxygen atoms in total. The van der Waals surface area contributed by atoms with Crippen LogP contribution < -0.4 is 10.2 Å². The SMILES string of the molecule is CNCc1ccccc1N(C)Cc1cccc(Br)c1. The number of para-hydroxylation sites is 1. The Labute approximate surface area is 123 Å². The van der Waals surface area contributed by atoms with E-state index in [9.17, 15) is 0 Å². The van der Waals surface area contributed by atoms with Crippen molar-refractivity contribution < 1.29 is 0 Å². The fraction of sp³-hybridized carbons (Fsp3) is 0.250. The van der Waals surface area contributed by atoms with E-state index in [4.69, 9.17) is 0 Å². The van der Waals surface area contributed by atoms with Gasteiger partial charge in [-0.3, -0.25) is 0 Å². The van der Waals surface area contributed by atoms with Crippen LogP contribution in [0.3, 0.4) is 0 Å². The van der Waals surface area contributed by atoms with Gasteiger partial charge in [-0.05, 0) is 36.4 Å². The minimum Gasteiger partial charge on any atom is -0.370 e. The lowest BCUT2D eigenvalue weighted by atomic mass is 10.1. The molecule has 2 aromatic rings. The topological polar surface area (TPSA) is 15.3 Å². The van der Waals surface area contributed by atoms with Crippen molar-refractivity contribution in [2.75, 3.05) is 19.0 Å². The van der Waals surface area contributed by atoms with Crippen molar-refractivity contribution in [2.24, 2.45) is 0 Å². The van der Waals surface area contributed by atoms with Crippen molar-refractivity contribution in [1.29, 1.82) is 0 Å². The van der Waals surface area contributed by atoms with Gasteiger partial charge in [0.2, 0.25) is 0 Å². The highest BCUT2D eigenvalue weighted by atomic mass is 79.9. The Morgan fingerprint density at radius 1 is 1.11 bits per heavy atom. The first kappa shape index (κ1) is 14.1. The zero-order valence-electron chi connectivity index (χ0n) is 11.4. The lowest BCUT2D eigenvalue weighted by Crippen LogP contribution is -2.19. The summed E-state index contributed by atoms with van der Waals surface area (Å²) in [6.45, 7) is 1.79. The van der Waals surface area contributed by atoms with Gasteiger partial charge in [-0.15, -0.1) is 0 Å². The molecule has 0 unspecified atom stereocenters. The van der Waals surface area contributed by atoms with E-state index in [1.54, 1.807) is 0 Å². The molecular weight excluding hydrogens is 300 g/mol. The molecule has 0 heterocycles. The average Bonchev–Trinajstić information content (AvgIpc) is 2.39. The van der Waals surface area contributed by atoms with Crippen molar-refractivity contribution in [3.63, 3.8) is 0 Å². The Morgan fingerprint density at radius 2 is 1.89 bits per heavy atom. The third-order valence-electron chi connectivity index (χ3n) is 3.08. The first-order chi connectivity index (χ1) is 9.20. The first-order valence-corrected chi connectivity index (χ1v) is 7.18. The minimum absolute atomic E-state index is 0.888. The van der Waals surface area contributed by atoms with E-state index in [0.717, 1.165) is 17.6 Å². The summed E-state index contributed by atoms with van der Waals surface area (Å²) in [5.41, 5.74) is 3.90. The Bertz CT molecular complexity index is 540. The van der Waals surface area contributed by atoms with Crippen molar-refractivity contribution in [2.45, 2.75) is 13.1 Å². The van der Waals surface area contributed by atoms with Crippen LogP contribution in [-0.2, 0) is 13.1 Å². The largest absolute Gasteiger partial charge is 0.370 e. The van der Waals surface area contributed by atoms with E-state index >= 15 is 0 Å². The molecule has 0 radical (unpaired) electrons. The van der Waals surface area contributed by atoms with Crippen LogP contribution in [0.25, 0.3) is 0 Å². The fourth-order valence-corrected chi connectivity index (χ4v) is 2.66. The number of rotatable bonds is 5. The van der Waals surface area contributed by atoms with E-state index in [1.165, 1.54) is 16.8 Å². The monoisotopic (exact) mass is 318 g/mol. The van der Waals surface area contributed by atoms with Crippen LogP contribution >= 0.6 is 15.9 Å². The van der Waals surface area contributed by atoms with Gasteiger partial charge in [0.15, 0.2) is 0 Å². The van der Waals surface area contributed by atoms with Gasteiger partial charge < -0.3 is 10.2 Å². The summed E-state index contributed by atoms with van der Waals surface area (Å²) in [6.07, 6.45) is 0. The predicted molar refractivity (Wildman–Crippen MR) is 85.5 cm³/mol. The Hall–Kier alpha value is -1.32. The first-order valence-electron chi connectivity index (χ1n) is 6.39. The number of nitrogens with zero attached hydrogens (tertiary/aromatic N) is 1. The number of nitrogens with one attached hydrogen (secondary N) is 1. The summed E-state index contributed by atoms with van der Waals surface area (Å²) in [7, 11) is 4.11. The van der Waals surface area contributed by atoms with Crippen molar-refractivity contribution >= 4 is 21.6 Å². The van der Waals surface area contributed by atoms with Crippen LogP contribution in [0.1, 0.15) is 11.1 Å². The summed E-state index contributed by atoms with van der Waals surface area (Å²) < 4.78 is 1.13. The standard InChI is InChI=1S/C16H19BrN2/c1-18-11-14-7-3-4-9-16(14)19(2)12-13-6-5-8-15(17)10-13/h3-10,18H,11-12H2,1-2H3. The summed E-state index contributed by atoms with van der Waals surface area (Å²) in [5.74, 6) is 0. The summed E-state index contributed by atoms with van der Waals surface area (Å²) in [4.78, 5) is 2.29. The quantitative estimate of drug-likeness (QED) is 0.902. The number of hydrogen-bond acceptors (Lipinski definition) is 2. The molecule has 0 saturated heterocycles. The molecule has 2 aromatic carbocycles. The van der Waals surface area contributed by atoms with Gasteiger partial charge in [-0.2, -0.15) is 0 Å². The van der Waals surface area contributed by atoms with Crippen LogP contribution in [0.15, 0.2) is 53.0 Å². The molecule has 0 aliphatic carbocycles. The normalized spacial score (nSPS) is 10.5. The predicted octanol–water partition coefficient (Wildman–Crippen LogP) is 3.80. The van der Waals surface area contributed by atoms with Gasteiger partial charge in [0.25, 0.3) is 0 Å². The molecule has 19 heavy (non-hydrogen) atoms. The molecule has 0 aromatic heterocycles. The van der Waals surface area contributed by atoms with Gasteiger partial charge in [-0.1, -0.05) is 46.3 Å². The van der Waals surface area contributed by atoms with Crippen molar-refractivity contribution in [1.82, 2.24) is 5.32 Å². The van der Waals surface area contributed by atoms with Gasteiger partial charge in [0.05, 0.1) is 0 Å². The van der Waals surface area contributed by atoms with E-state index in [2.05, 4.69) is 81.7 Å². The fourth-order valence-electron chi connectivity index (χ4n) is 2.22. The molecule has 0 aliphatic heterocycles. The molecule has 0 spiro atoms. The maximum atomic E-state index is 3.52. The molecule has 0 atom stereocenters. The third-order valence-corrected chi connectivity index (χ3v) is 3.57. The molecule has 100 valence electrons. The molecule has 0 aliphatic rings. The summed E-state index contributed by atoms with van der Waals surface area (Å²) in [5, 5.41) is 3.22. The van der Waals surface area contributed by atoms with Crippen LogP contribution in [-0.4, -0.2) is 14.1 Å². The number of benzene rings is 2. The number of halogens is 1. The van der Waals surface area contributed by atoms with Crippen molar-refractivity contribution in [3.05, 3.63) is 64.1 Å². The molecule has 2 rings (SSSR count). The Balaban J connectivity index is 2.17. The maximum Gasteiger partial charge on any atom is 0.0426 e. The second-order valence-electron chi connectivity index (χ2n) is 4.65. The maximum absolute atomic E-state index is 3.52. The Morgan fingerprint density at radius 3 is 2.63 bits per heavy atom. The molecule has 0 bridgehead atoms. The number of anilines is 1. The second-order valence-corrected chi connectivity index (χ2v) is 5.56. The number of hydrogen-bond donors (Lipinski definition) is 1. The van der Waals surface area contributed by atoms with Crippen molar-refractivity contribution in [3.8, 4) is 0 Å². The summed E-state index contributed by atoms with van der Waals surface area (Å²) >= 11 is 3.52. The lowest BCUT2D eigenvalue weighted by molar-refractivity contribution is 0.805. The second kappa shape index (κ2) is 6.73. The van der Waals surface area contributed by atoms with E-state index in [0.29, 0.717) is 0 Å². The van der Waals surface area contributed by atoms with Crippen LogP contribution in [0.4, 0.5) is 5.69 Å². The Kier molecular flexibility index (Phi) is 5.00. The van der Waals surface area contributed by atoms with Gasteiger partial charge in [-0.25, -0.2) is 0 Å². The molecular formula is C16H19BrN2. The highest BCUT2D eigenvalue weighted by Gasteiger charge is 2.07. The molecule has 0 fully saturated rings. The highest BCUT2D eigenvalue weighted by Crippen LogP contribution is 2.21. The van der Waals surface area contributed by atoms with Crippen LogP contribution in [0, 0.1) is 0 Å². The highest BCUT2D eigenvalue weighted by molar-refractivity contribution is 9.10. The van der Waals surface area contributed by atoms with E-state index in [1.807, 2.05) is 7.05 Å². The molecule has 1 N–H and O–H groups in total. The smallest absolute Gasteiger partial charge is 0.0426 e. The van der Waals surface area contributed by atoms with Crippen LogP contribution in [0.5, 0.6) is 0 Å². The third kappa shape index (κ3) is 3.82. The zero-order valence-corrected chi connectivity index (χ0v) is 12.9. The molecule has 3 heteroatoms. The molecule has 0 amide bonds. The zero-order chi connectivity index (χ0) is 13.7. The van der Waals surface area contributed by atoms with Crippen LogP contribution in [0.2, 0.25) is 0 Å². The van der Waals surface area contributed by atoms with Gasteiger partial charge in [0, 0.05) is 30.3 Å². The minimum atomic E-state index is 0.888.